The molecule has 4 nitrogen and oxygen atoms in total. The van der Waals surface area contributed by atoms with E-state index in [-0.39, 0.29) is 18.7 Å². The van der Waals surface area contributed by atoms with E-state index in [1.165, 1.54) is 37.3 Å². The Morgan fingerprint density at radius 3 is 2.88 bits per heavy atom. The minimum absolute atomic E-state index is 0.104. The summed E-state index contributed by atoms with van der Waals surface area (Å²) in [5.74, 6) is -0.282. The molecule has 5 heteroatoms. The van der Waals surface area contributed by atoms with E-state index >= 15 is 0 Å². The lowest BCUT2D eigenvalue weighted by atomic mass is 10.2. The molecule has 0 heterocycles. The average molecular weight is 236 g/mol. The molecule has 0 aliphatic rings. The van der Waals surface area contributed by atoms with Crippen LogP contribution in [0.15, 0.2) is 18.2 Å². The van der Waals surface area contributed by atoms with Gasteiger partial charge in [-0.1, -0.05) is 0 Å². The number of benzene rings is 1. The molecule has 17 heavy (non-hydrogen) atoms. The van der Waals surface area contributed by atoms with Gasteiger partial charge in [0.25, 0.3) is 0 Å². The predicted octanol–water partition coefficient (Wildman–Crippen LogP) is 2.10. The summed E-state index contributed by atoms with van der Waals surface area (Å²) in [6.07, 6.45) is 0.244. The van der Waals surface area contributed by atoms with Crippen LogP contribution in [0.2, 0.25) is 0 Å². The summed E-state index contributed by atoms with van der Waals surface area (Å²) in [5, 5.41) is 8.41. The second-order valence-electron chi connectivity index (χ2n) is 3.43. The number of nitrogens with zero attached hydrogens (tertiary/aromatic N) is 2. The zero-order valence-corrected chi connectivity index (χ0v) is 9.74. The van der Waals surface area contributed by atoms with Gasteiger partial charge < -0.3 is 9.64 Å². The Morgan fingerprint density at radius 2 is 2.29 bits per heavy atom. The molecular weight excluding hydrogens is 223 g/mol. The van der Waals surface area contributed by atoms with E-state index in [0.717, 1.165) is 0 Å². The Bertz CT molecular complexity index is 454. The molecule has 0 bridgehead atoms. The average Bonchev–Trinajstić information content (AvgIpc) is 2.34. The SMILES string of the molecule is COc1ccc(F)cc1N(C)C(=O)CCC#N. The number of amides is 1. The molecule has 1 aromatic carbocycles. The van der Waals surface area contributed by atoms with Gasteiger partial charge in [-0.05, 0) is 12.1 Å². The summed E-state index contributed by atoms with van der Waals surface area (Å²) in [6, 6.07) is 5.83. The molecule has 0 unspecified atom stereocenters. The molecule has 0 aliphatic heterocycles. The number of carbonyl (C=O) groups excluding carboxylic acids is 1. The zero-order valence-electron chi connectivity index (χ0n) is 9.74. The number of methoxy groups -OCH3 is 1. The third-order valence-corrected chi connectivity index (χ3v) is 2.33. The first-order valence-electron chi connectivity index (χ1n) is 5.07. The molecule has 0 N–H and O–H groups in total. The number of ether oxygens (including phenoxy) is 1. The lowest BCUT2D eigenvalue weighted by Gasteiger charge is -2.19. The van der Waals surface area contributed by atoms with Crippen molar-refractivity contribution < 1.29 is 13.9 Å². The van der Waals surface area contributed by atoms with Crippen molar-refractivity contribution in [3.8, 4) is 11.8 Å². The van der Waals surface area contributed by atoms with Crippen LogP contribution in [0.4, 0.5) is 10.1 Å². The number of rotatable bonds is 4. The fourth-order valence-corrected chi connectivity index (χ4v) is 1.39. The minimum Gasteiger partial charge on any atom is -0.495 e. The van der Waals surface area contributed by atoms with Crippen molar-refractivity contribution in [3.63, 3.8) is 0 Å². The maximum Gasteiger partial charge on any atom is 0.227 e. The fraction of sp³-hybridized carbons (Fsp3) is 0.333. The predicted molar refractivity (Wildman–Crippen MR) is 61.2 cm³/mol. The van der Waals surface area contributed by atoms with Gasteiger partial charge in [0.1, 0.15) is 11.6 Å². The van der Waals surface area contributed by atoms with Crippen molar-refractivity contribution in [2.24, 2.45) is 0 Å². The number of anilines is 1. The van der Waals surface area contributed by atoms with E-state index in [2.05, 4.69) is 0 Å². The summed E-state index contributed by atoms with van der Waals surface area (Å²) in [4.78, 5) is 13.0. The number of hydrogen-bond donors (Lipinski definition) is 0. The van der Waals surface area contributed by atoms with Crippen LogP contribution in [0.3, 0.4) is 0 Å². The quantitative estimate of drug-likeness (QED) is 0.804. The van der Waals surface area contributed by atoms with Gasteiger partial charge >= 0.3 is 0 Å². The normalized spacial score (nSPS) is 9.53. The molecular formula is C12H13FN2O2. The first kappa shape index (κ1) is 13.0. The molecule has 1 rings (SSSR count). The van der Waals surface area contributed by atoms with Gasteiger partial charge in [-0.2, -0.15) is 5.26 Å². The van der Waals surface area contributed by atoms with Crippen LogP contribution in [0.5, 0.6) is 5.75 Å². The number of halogens is 1. The summed E-state index contributed by atoms with van der Waals surface area (Å²) in [6.45, 7) is 0. The monoisotopic (exact) mass is 236 g/mol. The summed E-state index contributed by atoms with van der Waals surface area (Å²) in [5.41, 5.74) is 0.357. The molecule has 0 saturated carbocycles. The Hall–Kier alpha value is -2.09. The molecule has 0 aromatic heterocycles. The lowest BCUT2D eigenvalue weighted by Crippen LogP contribution is -2.26. The molecule has 0 spiro atoms. The van der Waals surface area contributed by atoms with Crippen molar-refractivity contribution in [1.29, 1.82) is 5.26 Å². The van der Waals surface area contributed by atoms with Crippen LogP contribution in [0, 0.1) is 17.1 Å². The first-order valence-corrected chi connectivity index (χ1v) is 5.07. The Morgan fingerprint density at radius 1 is 1.59 bits per heavy atom. The third kappa shape index (κ3) is 3.18. The second-order valence-corrected chi connectivity index (χ2v) is 3.43. The van der Waals surface area contributed by atoms with Crippen molar-refractivity contribution in [1.82, 2.24) is 0 Å². The molecule has 1 amide bonds. The van der Waals surface area contributed by atoms with Crippen molar-refractivity contribution in [2.75, 3.05) is 19.1 Å². The van der Waals surface area contributed by atoms with Crippen molar-refractivity contribution >= 4 is 11.6 Å². The lowest BCUT2D eigenvalue weighted by molar-refractivity contribution is -0.118. The highest BCUT2D eigenvalue weighted by atomic mass is 19.1. The van der Waals surface area contributed by atoms with E-state index in [1.807, 2.05) is 6.07 Å². The van der Waals surface area contributed by atoms with E-state index in [0.29, 0.717) is 11.4 Å². The standard InChI is InChI=1S/C12H13FN2O2/c1-15(12(16)4-3-7-14)10-8-9(13)5-6-11(10)17-2/h5-6,8H,3-4H2,1-2H3. The molecule has 0 fully saturated rings. The van der Waals surface area contributed by atoms with Crippen LogP contribution in [0.25, 0.3) is 0 Å². The summed E-state index contributed by atoms with van der Waals surface area (Å²) >= 11 is 0. The zero-order chi connectivity index (χ0) is 12.8. The van der Waals surface area contributed by atoms with Crippen LogP contribution < -0.4 is 9.64 Å². The van der Waals surface area contributed by atoms with Crippen LogP contribution in [-0.2, 0) is 4.79 Å². The van der Waals surface area contributed by atoms with Crippen LogP contribution >= 0.6 is 0 Å². The Labute approximate surface area is 99.2 Å². The maximum absolute atomic E-state index is 13.1. The molecule has 0 saturated heterocycles. The van der Waals surface area contributed by atoms with Crippen molar-refractivity contribution in [3.05, 3.63) is 24.0 Å². The molecule has 1 aromatic rings. The van der Waals surface area contributed by atoms with Gasteiger partial charge in [0.15, 0.2) is 0 Å². The van der Waals surface area contributed by atoms with Gasteiger partial charge in [0.05, 0.1) is 18.9 Å². The van der Waals surface area contributed by atoms with Gasteiger partial charge in [0, 0.05) is 26.0 Å². The Kier molecular flexibility index (Phi) is 4.46. The number of nitriles is 1. The first-order chi connectivity index (χ1) is 8.10. The minimum atomic E-state index is -0.444. The highest BCUT2D eigenvalue weighted by Crippen LogP contribution is 2.28. The van der Waals surface area contributed by atoms with E-state index < -0.39 is 5.82 Å². The largest absolute Gasteiger partial charge is 0.495 e. The third-order valence-electron chi connectivity index (χ3n) is 2.33. The highest BCUT2D eigenvalue weighted by Gasteiger charge is 2.15. The fourth-order valence-electron chi connectivity index (χ4n) is 1.39. The van der Waals surface area contributed by atoms with Gasteiger partial charge in [0.2, 0.25) is 5.91 Å². The number of carbonyl (C=O) groups is 1. The molecule has 90 valence electrons. The van der Waals surface area contributed by atoms with E-state index in [4.69, 9.17) is 10.00 Å². The molecule has 0 atom stereocenters. The molecule has 0 aliphatic carbocycles. The number of hydrogen-bond acceptors (Lipinski definition) is 3. The smallest absolute Gasteiger partial charge is 0.227 e. The van der Waals surface area contributed by atoms with Crippen molar-refractivity contribution in [2.45, 2.75) is 12.8 Å². The molecule has 0 radical (unpaired) electrons. The topological polar surface area (TPSA) is 53.3 Å². The van der Waals surface area contributed by atoms with Gasteiger partial charge in [-0.25, -0.2) is 4.39 Å². The maximum atomic E-state index is 13.1. The summed E-state index contributed by atoms with van der Waals surface area (Å²) < 4.78 is 18.2. The summed E-state index contributed by atoms with van der Waals surface area (Å²) in [7, 11) is 2.97. The van der Waals surface area contributed by atoms with E-state index in [1.54, 1.807) is 0 Å². The second kappa shape index (κ2) is 5.85. The van der Waals surface area contributed by atoms with Gasteiger partial charge in [-0.3, -0.25) is 4.79 Å². The Balaban J connectivity index is 2.94. The van der Waals surface area contributed by atoms with Crippen LogP contribution in [0.1, 0.15) is 12.8 Å². The van der Waals surface area contributed by atoms with E-state index in [9.17, 15) is 9.18 Å². The van der Waals surface area contributed by atoms with Gasteiger partial charge in [-0.15, -0.1) is 0 Å². The van der Waals surface area contributed by atoms with Crippen LogP contribution in [-0.4, -0.2) is 20.1 Å². The highest BCUT2D eigenvalue weighted by molar-refractivity contribution is 5.94.